The number of fused-ring (bicyclic) bond motifs is 1. The van der Waals surface area contributed by atoms with Gasteiger partial charge in [0, 0.05) is 13.1 Å². The Kier molecular flexibility index (Phi) is 5.58. The summed E-state index contributed by atoms with van der Waals surface area (Å²) in [5.74, 6) is 0.0494. The van der Waals surface area contributed by atoms with Crippen LogP contribution in [0.25, 0.3) is 0 Å². The van der Waals surface area contributed by atoms with Gasteiger partial charge in [-0.15, -0.1) is 12.4 Å². The van der Waals surface area contributed by atoms with Gasteiger partial charge in [0.25, 0.3) is 0 Å². The van der Waals surface area contributed by atoms with Gasteiger partial charge in [-0.2, -0.15) is 0 Å². The highest BCUT2D eigenvalue weighted by atomic mass is 35.5. The summed E-state index contributed by atoms with van der Waals surface area (Å²) < 4.78 is 0. The number of benzene rings is 2. The van der Waals surface area contributed by atoms with Gasteiger partial charge in [0.2, 0.25) is 5.91 Å². The molecular formula is C18H21ClN2O. The predicted molar refractivity (Wildman–Crippen MR) is 90.9 cm³/mol. The minimum atomic E-state index is -0.460. The average Bonchev–Trinajstić information content (AvgIpc) is 2.54. The SMILES string of the molecule is Cl.NC(Cc1ccccc1)C(=O)N1CCc2ccccc2C1. The van der Waals surface area contributed by atoms with Crippen LogP contribution >= 0.6 is 12.4 Å². The van der Waals surface area contributed by atoms with Crippen LogP contribution in [0.1, 0.15) is 16.7 Å². The van der Waals surface area contributed by atoms with Crippen LogP contribution in [0.2, 0.25) is 0 Å². The second-order valence-corrected chi connectivity index (χ2v) is 5.57. The second-order valence-electron chi connectivity index (χ2n) is 5.57. The maximum absolute atomic E-state index is 12.5. The van der Waals surface area contributed by atoms with Crippen molar-refractivity contribution in [2.24, 2.45) is 5.73 Å². The summed E-state index contributed by atoms with van der Waals surface area (Å²) in [4.78, 5) is 14.4. The Morgan fingerprint density at radius 2 is 1.68 bits per heavy atom. The minimum Gasteiger partial charge on any atom is -0.337 e. The van der Waals surface area contributed by atoms with Crippen molar-refractivity contribution in [3.63, 3.8) is 0 Å². The van der Waals surface area contributed by atoms with Crippen molar-refractivity contribution in [2.75, 3.05) is 6.54 Å². The summed E-state index contributed by atoms with van der Waals surface area (Å²) in [5.41, 5.74) is 9.80. The molecule has 0 aromatic heterocycles. The van der Waals surface area contributed by atoms with Gasteiger partial charge in [-0.1, -0.05) is 54.6 Å². The Morgan fingerprint density at radius 3 is 2.41 bits per heavy atom. The lowest BCUT2D eigenvalue weighted by atomic mass is 9.98. The fourth-order valence-electron chi connectivity index (χ4n) is 2.87. The molecule has 2 N–H and O–H groups in total. The normalized spacial score (nSPS) is 14.7. The first kappa shape index (κ1) is 16.5. The highest BCUT2D eigenvalue weighted by Gasteiger charge is 2.24. The number of amides is 1. The van der Waals surface area contributed by atoms with E-state index in [0.717, 1.165) is 18.5 Å². The van der Waals surface area contributed by atoms with Gasteiger partial charge in [-0.25, -0.2) is 0 Å². The van der Waals surface area contributed by atoms with E-state index in [1.54, 1.807) is 0 Å². The van der Waals surface area contributed by atoms with Crippen LogP contribution in [-0.2, 0) is 24.2 Å². The van der Waals surface area contributed by atoms with Gasteiger partial charge in [0.05, 0.1) is 6.04 Å². The zero-order chi connectivity index (χ0) is 14.7. The molecule has 0 radical (unpaired) electrons. The lowest BCUT2D eigenvalue weighted by Crippen LogP contribution is -2.46. The van der Waals surface area contributed by atoms with E-state index in [-0.39, 0.29) is 18.3 Å². The first-order valence-corrected chi connectivity index (χ1v) is 7.39. The highest BCUT2D eigenvalue weighted by Crippen LogP contribution is 2.19. The van der Waals surface area contributed by atoms with Gasteiger partial charge in [0.1, 0.15) is 0 Å². The molecule has 0 bridgehead atoms. The molecule has 1 atom stereocenters. The molecule has 1 aliphatic rings. The standard InChI is InChI=1S/C18H20N2O.ClH/c19-17(12-14-6-2-1-3-7-14)18(21)20-11-10-15-8-4-5-9-16(15)13-20;/h1-9,17H,10-13,19H2;1H. The monoisotopic (exact) mass is 316 g/mol. The van der Waals surface area contributed by atoms with Crippen molar-refractivity contribution < 1.29 is 4.79 Å². The van der Waals surface area contributed by atoms with Crippen LogP contribution < -0.4 is 5.73 Å². The molecule has 3 rings (SSSR count). The van der Waals surface area contributed by atoms with Crippen molar-refractivity contribution >= 4 is 18.3 Å². The molecule has 0 aliphatic carbocycles. The van der Waals surface area contributed by atoms with E-state index < -0.39 is 6.04 Å². The molecule has 3 nitrogen and oxygen atoms in total. The van der Waals surface area contributed by atoms with Gasteiger partial charge in [0.15, 0.2) is 0 Å². The molecule has 0 saturated heterocycles. The van der Waals surface area contributed by atoms with E-state index >= 15 is 0 Å². The number of halogens is 1. The molecular weight excluding hydrogens is 296 g/mol. The van der Waals surface area contributed by atoms with Crippen LogP contribution in [0.4, 0.5) is 0 Å². The summed E-state index contributed by atoms with van der Waals surface area (Å²) in [7, 11) is 0. The molecule has 1 heterocycles. The molecule has 0 saturated carbocycles. The summed E-state index contributed by atoms with van der Waals surface area (Å²) >= 11 is 0. The largest absolute Gasteiger partial charge is 0.337 e. The van der Waals surface area contributed by atoms with Crippen molar-refractivity contribution in [3.8, 4) is 0 Å². The molecule has 4 heteroatoms. The average molecular weight is 317 g/mol. The summed E-state index contributed by atoms with van der Waals surface area (Å²) in [5, 5.41) is 0. The van der Waals surface area contributed by atoms with E-state index in [4.69, 9.17) is 5.73 Å². The topological polar surface area (TPSA) is 46.3 Å². The Hall–Kier alpha value is -1.84. The molecule has 1 amide bonds. The van der Waals surface area contributed by atoms with Crippen molar-refractivity contribution in [3.05, 3.63) is 71.3 Å². The third-order valence-corrected chi connectivity index (χ3v) is 4.06. The van der Waals surface area contributed by atoms with Gasteiger partial charge < -0.3 is 10.6 Å². The zero-order valence-electron chi connectivity index (χ0n) is 12.4. The molecule has 2 aromatic carbocycles. The zero-order valence-corrected chi connectivity index (χ0v) is 13.3. The predicted octanol–water partition coefficient (Wildman–Crippen LogP) is 2.56. The van der Waals surface area contributed by atoms with E-state index in [9.17, 15) is 4.79 Å². The van der Waals surface area contributed by atoms with Crippen molar-refractivity contribution in [1.82, 2.24) is 4.90 Å². The third-order valence-electron chi connectivity index (χ3n) is 4.06. The Labute approximate surface area is 137 Å². The Bertz CT molecular complexity index is 630. The lowest BCUT2D eigenvalue weighted by molar-refractivity contribution is -0.133. The number of rotatable bonds is 3. The van der Waals surface area contributed by atoms with Crippen molar-refractivity contribution in [1.29, 1.82) is 0 Å². The first-order chi connectivity index (χ1) is 10.2. The molecule has 0 fully saturated rings. The van der Waals surface area contributed by atoms with Crippen LogP contribution in [0.15, 0.2) is 54.6 Å². The van der Waals surface area contributed by atoms with Gasteiger partial charge >= 0.3 is 0 Å². The van der Waals surface area contributed by atoms with E-state index in [1.165, 1.54) is 11.1 Å². The smallest absolute Gasteiger partial charge is 0.240 e. The quantitative estimate of drug-likeness (QED) is 0.946. The Morgan fingerprint density at radius 1 is 1.05 bits per heavy atom. The number of nitrogens with two attached hydrogens (primary N) is 1. The van der Waals surface area contributed by atoms with Crippen LogP contribution in [0.5, 0.6) is 0 Å². The van der Waals surface area contributed by atoms with E-state index in [1.807, 2.05) is 41.3 Å². The molecule has 22 heavy (non-hydrogen) atoms. The minimum absolute atomic E-state index is 0. The number of carbonyl (C=O) groups excluding carboxylic acids is 1. The molecule has 1 unspecified atom stereocenters. The van der Waals surface area contributed by atoms with Gasteiger partial charge in [-0.3, -0.25) is 4.79 Å². The summed E-state index contributed by atoms with van der Waals surface area (Å²) in [6.07, 6.45) is 1.51. The summed E-state index contributed by atoms with van der Waals surface area (Å²) in [6.45, 7) is 1.44. The number of hydrogen-bond donors (Lipinski definition) is 1. The molecule has 2 aromatic rings. The number of hydrogen-bond acceptors (Lipinski definition) is 2. The van der Waals surface area contributed by atoms with Crippen LogP contribution in [-0.4, -0.2) is 23.4 Å². The van der Waals surface area contributed by atoms with E-state index in [2.05, 4.69) is 18.2 Å². The second kappa shape index (κ2) is 7.43. The summed E-state index contributed by atoms with van der Waals surface area (Å²) in [6, 6.07) is 17.8. The van der Waals surface area contributed by atoms with E-state index in [0.29, 0.717) is 13.0 Å². The highest BCUT2D eigenvalue weighted by molar-refractivity contribution is 5.85. The molecule has 116 valence electrons. The first-order valence-electron chi connectivity index (χ1n) is 7.39. The molecule has 1 aliphatic heterocycles. The number of nitrogens with zero attached hydrogens (tertiary/aromatic N) is 1. The lowest BCUT2D eigenvalue weighted by Gasteiger charge is -2.30. The van der Waals surface area contributed by atoms with Crippen LogP contribution in [0, 0.1) is 0 Å². The number of carbonyl (C=O) groups is 1. The van der Waals surface area contributed by atoms with Crippen molar-refractivity contribution in [2.45, 2.75) is 25.4 Å². The Balaban J connectivity index is 0.00000176. The van der Waals surface area contributed by atoms with Crippen LogP contribution in [0.3, 0.4) is 0 Å². The maximum Gasteiger partial charge on any atom is 0.240 e. The fraction of sp³-hybridized carbons (Fsp3) is 0.278. The fourth-order valence-corrected chi connectivity index (χ4v) is 2.87. The maximum atomic E-state index is 12.5. The van der Waals surface area contributed by atoms with Gasteiger partial charge in [-0.05, 0) is 29.5 Å². The third kappa shape index (κ3) is 3.67. The molecule has 0 spiro atoms.